The average Bonchev–Trinajstić information content (AvgIpc) is 3.56. The molecule has 64 heavy (non-hydrogen) atoms. The van der Waals surface area contributed by atoms with Crippen LogP contribution in [0.3, 0.4) is 0 Å². The molecule has 0 amide bonds. The molecule has 1 aliphatic rings. The predicted molar refractivity (Wildman–Crippen MR) is 274 cm³/mol. The van der Waals surface area contributed by atoms with Gasteiger partial charge < -0.3 is 4.90 Å². The van der Waals surface area contributed by atoms with Crippen molar-refractivity contribution in [3.05, 3.63) is 234 Å². The highest BCUT2D eigenvalue weighted by atomic mass is 15.1. The second-order valence-corrected chi connectivity index (χ2v) is 18.2. The highest BCUT2D eigenvalue weighted by Crippen LogP contribution is 2.52. The van der Waals surface area contributed by atoms with Crippen molar-refractivity contribution in [1.29, 1.82) is 0 Å². The Balaban J connectivity index is 1.06. The van der Waals surface area contributed by atoms with Crippen LogP contribution in [0.4, 0.5) is 17.1 Å². The second kappa shape index (κ2) is 16.8. The van der Waals surface area contributed by atoms with E-state index in [9.17, 15) is 0 Å². The summed E-state index contributed by atoms with van der Waals surface area (Å²) in [5, 5.41) is 0. The monoisotopic (exact) mass is 825 g/mol. The van der Waals surface area contributed by atoms with Crippen LogP contribution in [0.5, 0.6) is 0 Å². The van der Waals surface area contributed by atoms with E-state index in [4.69, 9.17) is 0 Å². The van der Waals surface area contributed by atoms with Crippen molar-refractivity contribution in [3.63, 3.8) is 0 Å². The topological polar surface area (TPSA) is 3.24 Å². The first-order valence-corrected chi connectivity index (χ1v) is 22.9. The molecule has 0 saturated carbocycles. The van der Waals surface area contributed by atoms with Gasteiger partial charge in [0.15, 0.2) is 0 Å². The molecule has 0 fully saturated rings. The van der Waals surface area contributed by atoms with E-state index in [-0.39, 0.29) is 5.41 Å². The van der Waals surface area contributed by atoms with Gasteiger partial charge in [-0.2, -0.15) is 0 Å². The van der Waals surface area contributed by atoms with Crippen LogP contribution in [0.15, 0.2) is 206 Å². The largest absolute Gasteiger partial charge is 0.310 e. The van der Waals surface area contributed by atoms with E-state index < -0.39 is 0 Å². The van der Waals surface area contributed by atoms with E-state index in [2.05, 4.69) is 253 Å². The molecule has 10 rings (SSSR count). The molecule has 312 valence electrons. The smallest absolute Gasteiger partial charge is 0.0465 e. The van der Waals surface area contributed by atoms with E-state index in [1.54, 1.807) is 0 Å². The van der Waals surface area contributed by atoms with Gasteiger partial charge in [0.05, 0.1) is 0 Å². The van der Waals surface area contributed by atoms with Crippen molar-refractivity contribution in [3.8, 4) is 66.8 Å². The zero-order chi connectivity index (χ0) is 44.0. The molecule has 0 saturated heterocycles. The fourth-order valence-corrected chi connectivity index (χ4v) is 10.0. The van der Waals surface area contributed by atoms with Gasteiger partial charge in [-0.1, -0.05) is 191 Å². The van der Waals surface area contributed by atoms with Crippen molar-refractivity contribution >= 4 is 17.1 Å². The van der Waals surface area contributed by atoms with Crippen LogP contribution < -0.4 is 4.90 Å². The molecule has 9 aromatic rings. The molecule has 1 heteroatoms. The van der Waals surface area contributed by atoms with Crippen LogP contribution in [-0.2, 0) is 5.41 Å². The third kappa shape index (κ3) is 7.46. The van der Waals surface area contributed by atoms with Gasteiger partial charge in [0, 0.05) is 22.5 Å². The Bertz CT molecular complexity index is 3120. The molecule has 0 radical (unpaired) electrons. The van der Waals surface area contributed by atoms with E-state index in [1.807, 2.05) is 0 Å². The molecule has 1 aliphatic carbocycles. The quantitative estimate of drug-likeness (QED) is 0.133. The molecule has 0 aliphatic heterocycles. The number of nitrogens with zero attached hydrogens (tertiary/aromatic N) is 1. The fraction of sp³-hybridized carbons (Fsp3) is 0.143. The van der Waals surface area contributed by atoms with Gasteiger partial charge in [-0.25, -0.2) is 0 Å². The van der Waals surface area contributed by atoms with Crippen LogP contribution in [0.1, 0.15) is 67.9 Å². The van der Waals surface area contributed by atoms with Gasteiger partial charge >= 0.3 is 0 Å². The lowest BCUT2D eigenvalue weighted by Gasteiger charge is -2.28. The lowest BCUT2D eigenvalue weighted by atomic mass is 9.81. The maximum absolute atomic E-state index is 2.44. The highest BCUT2D eigenvalue weighted by Gasteiger charge is 2.36. The minimum Gasteiger partial charge on any atom is -0.310 e. The summed E-state index contributed by atoms with van der Waals surface area (Å²) in [5.41, 5.74) is 25.1. The summed E-state index contributed by atoms with van der Waals surface area (Å²) in [5.74, 6) is 0.403. The molecule has 9 aromatic carbocycles. The molecule has 0 aromatic heterocycles. The van der Waals surface area contributed by atoms with Crippen molar-refractivity contribution < 1.29 is 0 Å². The third-order valence-corrected chi connectivity index (χ3v) is 13.8. The third-order valence-electron chi connectivity index (χ3n) is 13.8. The first kappa shape index (κ1) is 40.8. The average molecular weight is 826 g/mol. The summed E-state index contributed by atoms with van der Waals surface area (Å²) in [6.45, 7) is 13.8. The highest BCUT2D eigenvalue weighted by molar-refractivity contribution is 5.89. The van der Waals surface area contributed by atoms with Crippen LogP contribution in [0.25, 0.3) is 66.8 Å². The minimum atomic E-state index is -0.179. The lowest BCUT2D eigenvalue weighted by molar-refractivity contribution is 0.660. The number of rotatable bonds is 10. The predicted octanol–water partition coefficient (Wildman–Crippen LogP) is 17.9. The zero-order valence-electron chi connectivity index (χ0n) is 37.9. The number of anilines is 3. The van der Waals surface area contributed by atoms with Crippen LogP contribution in [-0.4, -0.2) is 0 Å². The number of hydrogen-bond donors (Lipinski definition) is 0. The Morgan fingerprint density at radius 3 is 1.52 bits per heavy atom. The summed E-state index contributed by atoms with van der Waals surface area (Å²) in [7, 11) is 0. The molecule has 0 spiro atoms. The fourth-order valence-electron chi connectivity index (χ4n) is 10.0. The summed E-state index contributed by atoms with van der Waals surface area (Å²) in [6.07, 6.45) is 1.07. The molecule has 0 heterocycles. The minimum absolute atomic E-state index is 0.179. The van der Waals surface area contributed by atoms with Crippen molar-refractivity contribution in [2.24, 2.45) is 0 Å². The van der Waals surface area contributed by atoms with Gasteiger partial charge in [-0.15, -0.1) is 0 Å². The number of fused-ring (bicyclic) bond motifs is 3. The second-order valence-electron chi connectivity index (χ2n) is 18.2. The van der Waals surface area contributed by atoms with Gasteiger partial charge in [0.25, 0.3) is 0 Å². The molecule has 0 N–H and O–H groups in total. The van der Waals surface area contributed by atoms with E-state index in [1.165, 1.54) is 94.6 Å². The number of benzene rings is 9. The summed E-state index contributed by atoms with van der Waals surface area (Å²) in [6, 6.07) is 76.6. The normalized spacial score (nSPS) is 13.0. The summed E-state index contributed by atoms with van der Waals surface area (Å²) < 4.78 is 0. The molecule has 0 bridgehead atoms. The maximum Gasteiger partial charge on any atom is 0.0465 e. The SMILES string of the molecule is CCC(C)c1c(-c2ccc(N(c3ccc(-c4cccc(-c5ccc(C)cc5)c4)cc3)c3ccc4c(c3)C(C)(C)c3cc(-c5ccccc5)ccc3-4)cc2)cccc1-c1ccccc1C. The van der Waals surface area contributed by atoms with Gasteiger partial charge in [-0.05, 0) is 164 Å². The van der Waals surface area contributed by atoms with Gasteiger partial charge in [0.1, 0.15) is 0 Å². The molecular weight excluding hydrogens is 771 g/mol. The lowest BCUT2D eigenvalue weighted by Crippen LogP contribution is -2.16. The number of hydrogen-bond acceptors (Lipinski definition) is 1. The number of aryl methyl sites for hydroxylation is 2. The van der Waals surface area contributed by atoms with E-state index in [0.29, 0.717) is 5.92 Å². The zero-order valence-corrected chi connectivity index (χ0v) is 37.9. The van der Waals surface area contributed by atoms with Crippen LogP contribution in [0, 0.1) is 13.8 Å². The Kier molecular flexibility index (Phi) is 10.7. The van der Waals surface area contributed by atoms with Gasteiger partial charge in [-0.3, -0.25) is 0 Å². The summed E-state index contributed by atoms with van der Waals surface area (Å²) in [4.78, 5) is 2.43. The van der Waals surface area contributed by atoms with Crippen LogP contribution >= 0.6 is 0 Å². The molecule has 1 atom stereocenters. The molecule has 1 nitrogen and oxygen atoms in total. The van der Waals surface area contributed by atoms with E-state index in [0.717, 1.165) is 23.5 Å². The van der Waals surface area contributed by atoms with Crippen molar-refractivity contribution in [1.82, 2.24) is 0 Å². The first-order valence-electron chi connectivity index (χ1n) is 22.9. The standard InChI is InChI=1S/C63H55N/c1-7-43(3)62-56(21-14-22-59(62)55-20-12-11-15-44(55)4)48-29-34-53(35-30-48)64(52-32-27-47(28-33-52)50-19-13-18-49(39-50)46-25-23-42(2)24-26-46)54-36-38-58-57-37-31-51(45-16-9-8-10-17-45)40-60(57)63(5,6)61(58)41-54/h8-41,43H,7H2,1-6H3. The molecule has 1 unspecified atom stereocenters. The van der Waals surface area contributed by atoms with Crippen LogP contribution in [0.2, 0.25) is 0 Å². The first-order chi connectivity index (χ1) is 31.2. The van der Waals surface area contributed by atoms with Crippen molar-refractivity contribution in [2.75, 3.05) is 4.90 Å². The molecular formula is C63H55N. The van der Waals surface area contributed by atoms with Crippen molar-refractivity contribution in [2.45, 2.75) is 59.3 Å². The Morgan fingerprint density at radius 1 is 0.391 bits per heavy atom. The Labute approximate surface area is 380 Å². The Hall–Kier alpha value is -7.22. The Morgan fingerprint density at radius 2 is 0.859 bits per heavy atom. The van der Waals surface area contributed by atoms with Gasteiger partial charge in [0.2, 0.25) is 0 Å². The van der Waals surface area contributed by atoms with E-state index >= 15 is 0 Å². The maximum atomic E-state index is 2.44. The summed E-state index contributed by atoms with van der Waals surface area (Å²) >= 11 is 0.